The molecule has 0 radical (unpaired) electrons. The highest BCUT2D eigenvalue weighted by molar-refractivity contribution is 6.30. The van der Waals surface area contributed by atoms with Gasteiger partial charge in [0.25, 0.3) is 0 Å². The zero-order valence-corrected chi connectivity index (χ0v) is 21.9. The third-order valence-corrected chi connectivity index (χ3v) is 7.17. The van der Waals surface area contributed by atoms with Crippen molar-refractivity contribution in [1.82, 2.24) is 15.5 Å². The fraction of sp³-hybridized carbons (Fsp3) is 0.481. The number of methoxy groups -OCH3 is 1. The highest BCUT2D eigenvalue weighted by Crippen LogP contribution is 2.46. The topological polar surface area (TPSA) is 90.9 Å². The Labute approximate surface area is 212 Å². The smallest absolute Gasteiger partial charge is 0.315 e. The molecule has 0 spiro atoms. The van der Waals surface area contributed by atoms with Crippen molar-refractivity contribution >= 4 is 23.5 Å². The molecule has 1 aliphatic heterocycles. The first-order chi connectivity index (χ1) is 16.5. The van der Waals surface area contributed by atoms with Crippen LogP contribution < -0.4 is 15.4 Å². The van der Waals surface area contributed by atoms with Gasteiger partial charge in [0.05, 0.1) is 12.7 Å². The summed E-state index contributed by atoms with van der Waals surface area (Å²) in [5, 5.41) is 17.9. The van der Waals surface area contributed by atoms with Gasteiger partial charge in [-0.2, -0.15) is 0 Å². The van der Waals surface area contributed by atoms with Crippen LogP contribution in [0.1, 0.15) is 45.2 Å². The lowest BCUT2D eigenvalue weighted by molar-refractivity contribution is -0.155. The van der Waals surface area contributed by atoms with Crippen LogP contribution in [0.15, 0.2) is 48.5 Å². The van der Waals surface area contributed by atoms with E-state index < -0.39 is 23.1 Å². The minimum Gasteiger partial charge on any atom is -0.497 e. The largest absolute Gasteiger partial charge is 0.497 e. The highest BCUT2D eigenvalue weighted by atomic mass is 35.5. The van der Waals surface area contributed by atoms with Gasteiger partial charge in [-0.1, -0.05) is 63.6 Å². The van der Waals surface area contributed by atoms with E-state index in [-0.39, 0.29) is 11.8 Å². The monoisotopic (exact) mass is 501 g/mol. The van der Waals surface area contributed by atoms with E-state index in [0.717, 1.165) is 16.9 Å². The minimum absolute atomic E-state index is 0.102. The van der Waals surface area contributed by atoms with Crippen LogP contribution in [0, 0.1) is 11.3 Å². The molecule has 0 aliphatic carbocycles. The molecule has 1 saturated heterocycles. The number of nitrogens with zero attached hydrogens (tertiary/aromatic N) is 1. The third-order valence-electron chi connectivity index (χ3n) is 6.91. The van der Waals surface area contributed by atoms with Gasteiger partial charge in [0.1, 0.15) is 11.8 Å². The van der Waals surface area contributed by atoms with Crippen LogP contribution in [-0.2, 0) is 16.9 Å². The molecule has 3 N–H and O–H groups in total. The molecule has 2 aromatic carbocycles. The number of benzene rings is 2. The van der Waals surface area contributed by atoms with Crippen molar-refractivity contribution in [2.75, 3.05) is 20.2 Å². The van der Waals surface area contributed by atoms with E-state index in [1.807, 2.05) is 64.1 Å². The van der Waals surface area contributed by atoms with Crippen molar-refractivity contribution < 1.29 is 19.4 Å². The maximum atomic E-state index is 13.5. The third kappa shape index (κ3) is 6.08. The molecule has 3 rings (SSSR count). The molecule has 1 heterocycles. The van der Waals surface area contributed by atoms with E-state index in [1.54, 1.807) is 24.1 Å². The van der Waals surface area contributed by atoms with Crippen LogP contribution >= 0.6 is 11.6 Å². The second-order valence-corrected chi connectivity index (χ2v) is 10.6. The molecule has 1 aliphatic rings. The van der Waals surface area contributed by atoms with Crippen molar-refractivity contribution in [2.24, 2.45) is 11.3 Å². The molecular formula is C27H36ClN3O4. The Hall–Kier alpha value is -2.77. The summed E-state index contributed by atoms with van der Waals surface area (Å²) in [7, 11) is 1.60. The number of hydrogen-bond acceptors (Lipinski definition) is 4. The zero-order chi connectivity index (χ0) is 25.8. The molecule has 35 heavy (non-hydrogen) atoms. The predicted molar refractivity (Wildman–Crippen MR) is 137 cm³/mol. The fourth-order valence-corrected chi connectivity index (χ4v) is 4.73. The van der Waals surface area contributed by atoms with Gasteiger partial charge >= 0.3 is 6.03 Å². The number of hydrogen-bond donors (Lipinski definition) is 3. The van der Waals surface area contributed by atoms with Crippen molar-refractivity contribution in [2.45, 2.75) is 52.3 Å². The Bertz CT molecular complexity index is 1020. The number of urea groups is 1. The number of likely N-dealkylation sites (tertiary alicyclic amines) is 1. The van der Waals surface area contributed by atoms with Crippen molar-refractivity contribution in [3.63, 3.8) is 0 Å². The first kappa shape index (κ1) is 26.8. The molecule has 2 aromatic rings. The summed E-state index contributed by atoms with van der Waals surface area (Å²) < 4.78 is 5.15. The Morgan fingerprint density at radius 2 is 1.74 bits per heavy atom. The number of halogens is 1. The molecule has 190 valence electrons. The summed E-state index contributed by atoms with van der Waals surface area (Å²) in [6, 6.07) is 13.6. The number of carbonyl (C=O) groups is 2. The normalized spacial score (nSPS) is 20.3. The number of rotatable bonds is 7. The molecular weight excluding hydrogens is 466 g/mol. The van der Waals surface area contributed by atoms with Crippen molar-refractivity contribution in [1.29, 1.82) is 0 Å². The molecule has 1 fully saturated rings. The number of aliphatic hydroxyl groups is 1. The van der Waals surface area contributed by atoms with E-state index >= 15 is 0 Å². The van der Waals surface area contributed by atoms with Gasteiger partial charge in [-0.25, -0.2) is 4.79 Å². The number of ether oxygens (including phenoxy) is 1. The van der Waals surface area contributed by atoms with E-state index in [2.05, 4.69) is 10.6 Å². The van der Waals surface area contributed by atoms with Crippen LogP contribution in [-0.4, -0.2) is 48.2 Å². The fourth-order valence-electron chi connectivity index (χ4n) is 4.60. The predicted octanol–water partition coefficient (Wildman–Crippen LogP) is 4.32. The van der Waals surface area contributed by atoms with Gasteiger partial charge in [-0.15, -0.1) is 0 Å². The molecule has 0 saturated carbocycles. The number of piperidine rings is 1. The Balaban J connectivity index is 1.64. The number of carbonyl (C=O) groups excluding carboxylic acids is 2. The Morgan fingerprint density at radius 1 is 1.11 bits per heavy atom. The standard InChI is InChI=1S/C27H36ClN3O4/c1-18(2)23(30-25(33)29-16-19-6-12-22(35-5)13-7-19)24(32)31-15-14-27(34,26(3,4)17-31)20-8-10-21(28)11-9-20/h6-13,18,23,34H,14-17H2,1-5H3,(H2,29,30,33)/t23-,27?/m1/s1. The van der Waals surface area contributed by atoms with E-state index in [1.165, 1.54) is 0 Å². The molecule has 3 amide bonds. The second-order valence-electron chi connectivity index (χ2n) is 10.2. The maximum absolute atomic E-state index is 13.5. The van der Waals surface area contributed by atoms with Gasteiger partial charge in [-0.05, 0) is 47.7 Å². The molecule has 8 heteroatoms. The molecule has 1 unspecified atom stereocenters. The van der Waals surface area contributed by atoms with E-state index in [9.17, 15) is 14.7 Å². The van der Waals surface area contributed by atoms with Crippen LogP contribution in [0.2, 0.25) is 5.02 Å². The molecule has 0 aromatic heterocycles. The zero-order valence-electron chi connectivity index (χ0n) is 21.1. The van der Waals surface area contributed by atoms with Gasteiger partial charge < -0.3 is 25.4 Å². The SMILES string of the molecule is COc1ccc(CNC(=O)N[C@@H](C(=O)N2CCC(O)(c3ccc(Cl)cc3)C(C)(C)C2)C(C)C)cc1. The summed E-state index contributed by atoms with van der Waals surface area (Å²) in [6.07, 6.45) is 0.391. The number of nitrogens with one attached hydrogen (secondary N) is 2. The maximum Gasteiger partial charge on any atom is 0.315 e. The van der Waals surface area contributed by atoms with E-state index in [4.69, 9.17) is 16.3 Å². The van der Waals surface area contributed by atoms with Gasteiger partial charge in [0, 0.05) is 30.1 Å². The first-order valence-electron chi connectivity index (χ1n) is 11.9. The van der Waals surface area contributed by atoms with Gasteiger partial charge in [0.2, 0.25) is 5.91 Å². The van der Waals surface area contributed by atoms with Crippen LogP contribution in [0.3, 0.4) is 0 Å². The van der Waals surface area contributed by atoms with E-state index in [0.29, 0.717) is 31.1 Å². The summed E-state index contributed by atoms with van der Waals surface area (Å²) >= 11 is 6.03. The van der Waals surface area contributed by atoms with Gasteiger partial charge in [0.15, 0.2) is 0 Å². The Kier molecular flexibility index (Phi) is 8.34. The van der Waals surface area contributed by atoms with Crippen LogP contribution in [0.4, 0.5) is 4.79 Å². The van der Waals surface area contributed by atoms with Crippen molar-refractivity contribution in [3.8, 4) is 5.75 Å². The average molecular weight is 502 g/mol. The molecule has 2 atom stereocenters. The lowest BCUT2D eigenvalue weighted by Gasteiger charge is -2.51. The summed E-state index contributed by atoms with van der Waals surface area (Å²) in [5.41, 5.74) is 0.0145. The highest BCUT2D eigenvalue weighted by Gasteiger charge is 2.50. The Morgan fingerprint density at radius 3 is 2.29 bits per heavy atom. The second kappa shape index (κ2) is 10.9. The number of amides is 3. The molecule has 7 nitrogen and oxygen atoms in total. The lowest BCUT2D eigenvalue weighted by atomic mass is 9.66. The van der Waals surface area contributed by atoms with Crippen LogP contribution in [0.25, 0.3) is 0 Å². The van der Waals surface area contributed by atoms with Gasteiger partial charge in [-0.3, -0.25) is 4.79 Å². The molecule has 0 bridgehead atoms. The lowest BCUT2D eigenvalue weighted by Crippen LogP contribution is -2.61. The van der Waals surface area contributed by atoms with Crippen molar-refractivity contribution in [3.05, 3.63) is 64.7 Å². The quantitative estimate of drug-likeness (QED) is 0.527. The average Bonchev–Trinajstić information content (AvgIpc) is 2.83. The summed E-state index contributed by atoms with van der Waals surface area (Å²) in [6.45, 7) is 8.82. The van der Waals surface area contributed by atoms with Crippen LogP contribution in [0.5, 0.6) is 5.75 Å². The summed E-state index contributed by atoms with van der Waals surface area (Å²) in [5.74, 6) is 0.497. The summed E-state index contributed by atoms with van der Waals surface area (Å²) in [4.78, 5) is 27.8. The first-order valence-corrected chi connectivity index (χ1v) is 12.3. The minimum atomic E-state index is -1.09.